The Morgan fingerprint density at radius 1 is 1.04 bits per heavy atom. The summed E-state index contributed by atoms with van der Waals surface area (Å²) in [5, 5.41) is 12.5. The Kier molecular flexibility index (Phi) is 5.64. The van der Waals surface area contributed by atoms with Gasteiger partial charge in [-0.1, -0.05) is 47.6 Å². The summed E-state index contributed by atoms with van der Waals surface area (Å²) in [4.78, 5) is 0. The molecule has 0 saturated carbocycles. The van der Waals surface area contributed by atoms with E-state index in [1.54, 1.807) is 18.2 Å². The lowest BCUT2D eigenvalue weighted by Gasteiger charge is -2.20. The highest BCUT2D eigenvalue weighted by molar-refractivity contribution is 6.02. The number of fused-ring (bicyclic) bond motifs is 1. The first-order valence-electron chi connectivity index (χ1n) is 9.37. The first kappa shape index (κ1) is 20.2. The Hall–Kier alpha value is -2.56. The molecule has 0 spiro atoms. The summed E-state index contributed by atoms with van der Waals surface area (Å²) in [6.45, 7) is 5.60. The van der Waals surface area contributed by atoms with Crippen molar-refractivity contribution in [2.45, 2.75) is 52.1 Å². The van der Waals surface area contributed by atoms with Crippen LogP contribution in [0.5, 0.6) is 0 Å². The Labute approximate surface area is 163 Å². The van der Waals surface area contributed by atoms with Crippen LogP contribution in [-0.2, 0) is 6.42 Å². The molecule has 0 aromatic heterocycles. The number of allylic oxidation sites excluding steroid dienone is 1. The number of benzene rings is 2. The predicted octanol–water partition coefficient (Wildman–Crippen LogP) is 6.49. The van der Waals surface area contributed by atoms with Gasteiger partial charge in [-0.2, -0.15) is 13.2 Å². The Bertz CT molecular complexity index is 918. The molecular formula is C23H24F3NO. The van der Waals surface area contributed by atoms with Crippen molar-refractivity contribution >= 4 is 11.8 Å². The van der Waals surface area contributed by atoms with E-state index in [0.717, 1.165) is 40.7 Å². The third kappa shape index (κ3) is 4.13. The molecule has 0 saturated heterocycles. The molecule has 1 aliphatic carbocycles. The van der Waals surface area contributed by atoms with Gasteiger partial charge in [-0.15, -0.1) is 0 Å². The van der Waals surface area contributed by atoms with E-state index in [-0.39, 0.29) is 5.56 Å². The minimum absolute atomic E-state index is 0.261. The lowest BCUT2D eigenvalue weighted by atomic mass is 9.88. The molecule has 1 N–H and O–H groups in total. The second kappa shape index (κ2) is 7.82. The Morgan fingerprint density at radius 2 is 1.71 bits per heavy atom. The molecule has 1 atom stereocenters. The van der Waals surface area contributed by atoms with Crippen LogP contribution in [0.1, 0.15) is 57.7 Å². The van der Waals surface area contributed by atoms with Gasteiger partial charge in [0.05, 0.1) is 11.6 Å². The molecule has 0 heterocycles. The van der Waals surface area contributed by atoms with Crippen molar-refractivity contribution in [3.05, 3.63) is 75.4 Å². The van der Waals surface area contributed by atoms with E-state index in [1.807, 2.05) is 32.9 Å². The number of oxime groups is 1. The first-order chi connectivity index (χ1) is 13.2. The molecule has 2 nitrogen and oxygen atoms in total. The quantitative estimate of drug-likeness (QED) is 0.474. The fourth-order valence-electron chi connectivity index (χ4n) is 3.76. The molecule has 2 aromatic carbocycles. The normalized spacial score (nSPS) is 17.1. The highest BCUT2D eigenvalue weighted by Crippen LogP contribution is 2.38. The molecule has 5 heteroatoms. The first-order valence-corrected chi connectivity index (χ1v) is 9.37. The van der Waals surface area contributed by atoms with Crippen LogP contribution in [0.25, 0.3) is 6.08 Å². The van der Waals surface area contributed by atoms with Crippen molar-refractivity contribution in [2.24, 2.45) is 5.16 Å². The molecule has 0 fully saturated rings. The van der Waals surface area contributed by atoms with Gasteiger partial charge in [0.25, 0.3) is 0 Å². The van der Waals surface area contributed by atoms with Gasteiger partial charge >= 0.3 is 6.18 Å². The average molecular weight is 387 g/mol. The Morgan fingerprint density at radius 3 is 2.32 bits per heavy atom. The average Bonchev–Trinajstić information content (AvgIpc) is 2.64. The molecular weight excluding hydrogens is 363 g/mol. The predicted molar refractivity (Wildman–Crippen MR) is 106 cm³/mol. The van der Waals surface area contributed by atoms with Gasteiger partial charge in [0.1, 0.15) is 0 Å². The largest absolute Gasteiger partial charge is 0.411 e. The Balaban J connectivity index is 1.95. The molecule has 0 bridgehead atoms. The third-order valence-electron chi connectivity index (χ3n) is 5.56. The molecule has 2 aromatic rings. The number of nitrogens with zero attached hydrogens (tertiary/aromatic N) is 1. The number of hydrogen-bond acceptors (Lipinski definition) is 2. The monoisotopic (exact) mass is 387 g/mol. The minimum atomic E-state index is -4.37. The van der Waals surface area contributed by atoms with E-state index < -0.39 is 12.1 Å². The summed E-state index contributed by atoms with van der Waals surface area (Å²) < 4.78 is 41.2. The fraction of sp³-hybridized carbons (Fsp3) is 0.348. The van der Waals surface area contributed by atoms with E-state index in [0.29, 0.717) is 17.7 Å². The highest BCUT2D eigenvalue weighted by Gasteiger charge is 2.39. The summed E-state index contributed by atoms with van der Waals surface area (Å²) in [6, 6.07) is 8.73. The van der Waals surface area contributed by atoms with E-state index in [4.69, 9.17) is 5.21 Å². The van der Waals surface area contributed by atoms with Crippen LogP contribution in [0.2, 0.25) is 0 Å². The molecule has 0 aliphatic heterocycles. The van der Waals surface area contributed by atoms with Crippen LogP contribution in [0.4, 0.5) is 13.2 Å². The van der Waals surface area contributed by atoms with Crippen LogP contribution < -0.4 is 0 Å². The summed E-state index contributed by atoms with van der Waals surface area (Å²) in [5.41, 5.74) is 6.24. The zero-order valence-electron chi connectivity index (χ0n) is 16.3. The van der Waals surface area contributed by atoms with Crippen molar-refractivity contribution in [2.75, 3.05) is 0 Å². The van der Waals surface area contributed by atoms with Crippen molar-refractivity contribution in [3.63, 3.8) is 0 Å². The number of rotatable bonds is 3. The lowest BCUT2D eigenvalue weighted by molar-refractivity contribution is -0.139. The smallest absolute Gasteiger partial charge is 0.399 e. The summed E-state index contributed by atoms with van der Waals surface area (Å²) in [6.07, 6.45) is 0.806. The number of aryl methyl sites for hydroxylation is 3. The van der Waals surface area contributed by atoms with Crippen LogP contribution in [0, 0.1) is 20.8 Å². The third-order valence-corrected chi connectivity index (χ3v) is 5.56. The topological polar surface area (TPSA) is 32.6 Å². The van der Waals surface area contributed by atoms with Crippen molar-refractivity contribution in [1.82, 2.24) is 0 Å². The van der Waals surface area contributed by atoms with Gasteiger partial charge < -0.3 is 5.21 Å². The standard InChI is InChI=1S/C23H24F3NO/c1-14-11-19(12-15(2)16(14)3)21(23(24,25)26)10-8-17-7-9-20-18(13-17)5-4-6-22(20)27-28/h7-13,21,28H,4-6H2,1-3H3/b10-8+,27-22+. The van der Waals surface area contributed by atoms with Gasteiger partial charge in [0.15, 0.2) is 0 Å². The summed E-state index contributed by atoms with van der Waals surface area (Å²) >= 11 is 0. The van der Waals surface area contributed by atoms with Crippen LogP contribution >= 0.6 is 0 Å². The second-order valence-corrected chi connectivity index (χ2v) is 7.47. The fourth-order valence-corrected chi connectivity index (χ4v) is 3.76. The van der Waals surface area contributed by atoms with Gasteiger partial charge in [0, 0.05) is 5.56 Å². The highest BCUT2D eigenvalue weighted by atomic mass is 19.4. The zero-order chi connectivity index (χ0) is 20.5. The molecule has 1 aliphatic rings. The zero-order valence-corrected chi connectivity index (χ0v) is 16.3. The molecule has 1 unspecified atom stereocenters. The van der Waals surface area contributed by atoms with Crippen molar-refractivity contribution < 1.29 is 18.4 Å². The molecule has 0 amide bonds. The number of halogens is 3. The minimum Gasteiger partial charge on any atom is -0.411 e. The number of alkyl halides is 3. The molecule has 148 valence electrons. The van der Waals surface area contributed by atoms with E-state index in [2.05, 4.69) is 5.16 Å². The molecule has 3 rings (SSSR count). The summed E-state index contributed by atoms with van der Waals surface area (Å²) in [7, 11) is 0. The van der Waals surface area contributed by atoms with Gasteiger partial charge in [-0.05, 0) is 73.4 Å². The van der Waals surface area contributed by atoms with E-state index in [9.17, 15) is 13.2 Å². The van der Waals surface area contributed by atoms with Crippen LogP contribution in [0.3, 0.4) is 0 Å². The maximum absolute atomic E-state index is 13.7. The van der Waals surface area contributed by atoms with Gasteiger partial charge in [-0.25, -0.2) is 0 Å². The maximum atomic E-state index is 13.7. The summed E-state index contributed by atoms with van der Waals surface area (Å²) in [5.74, 6) is -1.66. The van der Waals surface area contributed by atoms with Crippen LogP contribution in [-0.4, -0.2) is 17.1 Å². The SMILES string of the molecule is Cc1cc(C(/C=C/c2ccc3c(c2)CCC/C3=N\O)C(F)(F)F)cc(C)c1C. The van der Waals surface area contributed by atoms with E-state index in [1.165, 1.54) is 12.2 Å². The van der Waals surface area contributed by atoms with Crippen molar-refractivity contribution in [3.8, 4) is 0 Å². The lowest BCUT2D eigenvalue weighted by Crippen LogP contribution is -2.19. The maximum Gasteiger partial charge on any atom is 0.399 e. The van der Waals surface area contributed by atoms with Gasteiger partial charge in [-0.3, -0.25) is 0 Å². The van der Waals surface area contributed by atoms with E-state index >= 15 is 0 Å². The van der Waals surface area contributed by atoms with Gasteiger partial charge in [0.2, 0.25) is 0 Å². The molecule has 28 heavy (non-hydrogen) atoms. The van der Waals surface area contributed by atoms with Crippen LogP contribution in [0.15, 0.2) is 41.6 Å². The second-order valence-electron chi connectivity index (χ2n) is 7.47. The molecule has 0 radical (unpaired) electrons. The van der Waals surface area contributed by atoms with Crippen molar-refractivity contribution in [1.29, 1.82) is 0 Å². The number of hydrogen-bond donors (Lipinski definition) is 1.